The van der Waals surface area contributed by atoms with Crippen molar-refractivity contribution in [3.63, 3.8) is 0 Å². The number of halogens is 1. The number of nitrogens with zero attached hydrogens (tertiary/aromatic N) is 3. The van der Waals surface area contributed by atoms with E-state index in [0.29, 0.717) is 11.0 Å². The average molecular weight is 663 g/mol. The quantitative estimate of drug-likeness (QED) is 0.126. The maximum absolute atomic E-state index is 13.1. The fourth-order valence-electron chi connectivity index (χ4n) is 4.52. The van der Waals surface area contributed by atoms with E-state index in [1.807, 2.05) is 18.2 Å². The minimum absolute atomic E-state index is 0.0560. The van der Waals surface area contributed by atoms with Crippen molar-refractivity contribution in [2.75, 3.05) is 13.1 Å². The number of nitrogens with two attached hydrogens (primary N) is 1. The first-order chi connectivity index (χ1) is 22.5. The smallest absolute Gasteiger partial charge is 0.251 e. The van der Waals surface area contributed by atoms with Gasteiger partial charge in [0.1, 0.15) is 23.1 Å². The molecule has 0 saturated heterocycles. The molecule has 2 atom stereocenters. The second kappa shape index (κ2) is 16.2. The summed E-state index contributed by atoms with van der Waals surface area (Å²) in [7, 11) is 0. The number of fused-ring (bicyclic) bond motifs is 1. The van der Waals surface area contributed by atoms with Crippen LogP contribution in [-0.2, 0) is 25.6 Å². The molecule has 0 unspecified atom stereocenters. The van der Waals surface area contributed by atoms with Crippen LogP contribution in [0.4, 0.5) is 0 Å². The van der Waals surface area contributed by atoms with Crippen molar-refractivity contribution >= 4 is 52.2 Å². The van der Waals surface area contributed by atoms with Crippen molar-refractivity contribution in [2.45, 2.75) is 38.8 Å². The van der Waals surface area contributed by atoms with E-state index >= 15 is 0 Å². The molecule has 0 aliphatic carbocycles. The zero-order chi connectivity index (χ0) is 33.9. The molecule has 0 aliphatic rings. The number of benzene rings is 3. The zero-order valence-corrected chi connectivity index (χ0v) is 26.5. The SMILES string of the molecule is CC(C)[C@H](NC(=O)c1ccc(On2nnc3ccccc32)c(Cl)c1)C(=O)NCCC(=O)N[C@@H](Cc1ccccc1)C(=O)NCC(N)=O. The number of carbonyl (C=O) groups is 5. The molecule has 0 bridgehead atoms. The lowest BCUT2D eigenvalue weighted by molar-refractivity contribution is -0.130. The second-order valence-electron chi connectivity index (χ2n) is 10.9. The topological polar surface area (TPSA) is 199 Å². The molecule has 6 N–H and O–H groups in total. The molecule has 0 radical (unpaired) electrons. The van der Waals surface area contributed by atoms with Gasteiger partial charge in [-0.1, -0.05) is 72.8 Å². The molecule has 1 aromatic heterocycles. The van der Waals surface area contributed by atoms with Gasteiger partial charge in [0, 0.05) is 24.9 Å². The Balaban J connectivity index is 1.31. The molecule has 15 heteroatoms. The van der Waals surface area contributed by atoms with Gasteiger partial charge in [-0.2, -0.15) is 0 Å². The van der Waals surface area contributed by atoms with Crippen LogP contribution in [0.25, 0.3) is 11.0 Å². The summed E-state index contributed by atoms with van der Waals surface area (Å²) in [6.45, 7) is 3.10. The Bertz CT molecular complexity index is 1750. The van der Waals surface area contributed by atoms with Crippen LogP contribution < -0.4 is 31.8 Å². The van der Waals surface area contributed by atoms with Gasteiger partial charge in [-0.3, -0.25) is 24.0 Å². The summed E-state index contributed by atoms with van der Waals surface area (Å²) < 4.78 is 0. The van der Waals surface area contributed by atoms with Crippen LogP contribution in [0.2, 0.25) is 5.02 Å². The number of hydrogen-bond acceptors (Lipinski definition) is 8. The van der Waals surface area contributed by atoms with E-state index < -0.39 is 41.6 Å². The fraction of sp³-hybridized carbons (Fsp3) is 0.281. The van der Waals surface area contributed by atoms with Crippen LogP contribution in [0.15, 0.2) is 72.8 Å². The molecule has 4 aromatic rings. The predicted molar refractivity (Wildman–Crippen MR) is 173 cm³/mol. The normalized spacial score (nSPS) is 12.2. The number of carbonyl (C=O) groups excluding carboxylic acids is 5. The number of amides is 5. The number of primary amides is 1. The number of nitrogens with one attached hydrogen (secondary N) is 4. The number of aromatic nitrogens is 3. The van der Waals surface area contributed by atoms with Gasteiger partial charge in [0.25, 0.3) is 5.91 Å². The predicted octanol–water partition coefficient (Wildman–Crippen LogP) is 1.52. The standard InChI is InChI=1S/C32H35ClN8O6/c1-19(2)29(38-30(44)21-12-13-26(22(33)17-21)47-41-25-11-7-6-10-23(25)39-40-41)32(46)35-15-14-28(43)37-24(31(45)36-18-27(34)42)16-20-8-4-3-5-9-20/h3-13,17,19,24,29H,14-16,18H2,1-2H3,(H2,34,42)(H,35,46)(H,36,45)(H,37,43)(H,38,44)/t24-,29-/m0/s1. The lowest BCUT2D eigenvalue weighted by Gasteiger charge is -2.22. The van der Waals surface area contributed by atoms with E-state index in [1.54, 1.807) is 50.2 Å². The zero-order valence-electron chi connectivity index (χ0n) is 25.7. The summed E-state index contributed by atoms with van der Waals surface area (Å²) in [5.41, 5.74) is 7.38. The van der Waals surface area contributed by atoms with E-state index in [0.717, 1.165) is 5.56 Å². The molecular formula is C32H35ClN8O6. The van der Waals surface area contributed by atoms with E-state index in [1.165, 1.54) is 23.0 Å². The lowest BCUT2D eigenvalue weighted by Crippen LogP contribution is -2.51. The first-order valence-electron chi connectivity index (χ1n) is 14.8. The third kappa shape index (κ3) is 9.74. The van der Waals surface area contributed by atoms with Gasteiger partial charge >= 0.3 is 0 Å². The second-order valence-corrected chi connectivity index (χ2v) is 11.3. The highest BCUT2D eigenvalue weighted by Gasteiger charge is 2.26. The van der Waals surface area contributed by atoms with E-state index in [-0.39, 0.29) is 48.2 Å². The molecule has 0 aliphatic heterocycles. The number of rotatable bonds is 15. The minimum atomic E-state index is -0.971. The minimum Gasteiger partial charge on any atom is -0.368 e. The van der Waals surface area contributed by atoms with Gasteiger partial charge in [-0.25, -0.2) is 0 Å². The third-order valence-corrected chi connectivity index (χ3v) is 7.25. The summed E-state index contributed by atoms with van der Waals surface area (Å²) in [5, 5.41) is 18.6. The first-order valence-corrected chi connectivity index (χ1v) is 15.2. The Hall–Kier alpha value is -5.50. The van der Waals surface area contributed by atoms with Crippen molar-refractivity contribution in [2.24, 2.45) is 11.7 Å². The highest BCUT2D eigenvalue weighted by atomic mass is 35.5. The van der Waals surface area contributed by atoms with Gasteiger partial charge in [0.15, 0.2) is 5.75 Å². The molecule has 0 spiro atoms. The Kier molecular flexibility index (Phi) is 11.8. The van der Waals surface area contributed by atoms with Crippen molar-refractivity contribution in [1.82, 2.24) is 36.4 Å². The maximum Gasteiger partial charge on any atom is 0.251 e. The molecule has 0 saturated carbocycles. The largest absolute Gasteiger partial charge is 0.368 e. The van der Waals surface area contributed by atoms with Gasteiger partial charge < -0.3 is 31.8 Å². The average Bonchev–Trinajstić information content (AvgIpc) is 3.45. The van der Waals surface area contributed by atoms with E-state index in [9.17, 15) is 24.0 Å². The van der Waals surface area contributed by atoms with Gasteiger partial charge in [0.2, 0.25) is 23.6 Å². The molecule has 246 valence electrons. The number of hydrogen-bond donors (Lipinski definition) is 5. The van der Waals surface area contributed by atoms with Crippen LogP contribution in [0, 0.1) is 5.92 Å². The highest BCUT2D eigenvalue weighted by molar-refractivity contribution is 6.32. The summed E-state index contributed by atoms with van der Waals surface area (Å²) in [4.78, 5) is 69.6. The van der Waals surface area contributed by atoms with E-state index in [2.05, 4.69) is 31.6 Å². The van der Waals surface area contributed by atoms with E-state index in [4.69, 9.17) is 22.2 Å². The van der Waals surface area contributed by atoms with Crippen LogP contribution in [-0.4, -0.2) is 69.9 Å². The summed E-state index contributed by atoms with van der Waals surface area (Å²) >= 11 is 6.40. The Labute approximate surface area is 275 Å². The molecule has 47 heavy (non-hydrogen) atoms. The van der Waals surface area contributed by atoms with Crippen LogP contribution >= 0.6 is 11.6 Å². The Morgan fingerprint density at radius 2 is 1.64 bits per heavy atom. The summed E-state index contributed by atoms with van der Waals surface area (Å²) in [6.07, 6.45) is 0.0382. The van der Waals surface area contributed by atoms with Crippen molar-refractivity contribution in [3.8, 4) is 5.75 Å². The van der Waals surface area contributed by atoms with Crippen LogP contribution in [0.5, 0.6) is 5.75 Å². The lowest BCUT2D eigenvalue weighted by atomic mass is 10.0. The van der Waals surface area contributed by atoms with Gasteiger partial charge in [-0.05, 0) is 47.0 Å². The molecule has 1 heterocycles. The first kappa shape index (κ1) is 34.4. The molecule has 14 nitrogen and oxygen atoms in total. The Morgan fingerprint density at radius 3 is 2.34 bits per heavy atom. The maximum atomic E-state index is 13.1. The van der Waals surface area contributed by atoms with Gasteiger partial charge in [-0.15, -0.1) is 5.10 Å². The molecule has 0 fully saturated rings. The van der Waals surface area contributed by atoms with Crippen molar-refractivity contribution in [1.29, 1.82) is 0 Å². The summed E-state index contributed by atoms with van der Waals surface area (Å²) in [6, 6.07) is 18.8. The van der Waals surface area contributed by atoms with Crippen molar-refractivity contribution < 1.29 is 28.8 Å². The van der Waals surface area contributed by atoms with Crippen LogP contribution in [0.3, 0.4) is 0 Å². The van der Waals surface area contributed by atoms with Crippen molar-refractivity contribution in [3.05, 3.63) is 88.9 Å². The highest BCUT2D eigenvalue weighted by Crippen LogP contribution is 2.26. The third-order valence-electron chi connectivity index (χ3n) is 6.96. The van der Waals surface area contributed by atoms with Crippen LogP contribution in [0.1, 0.15) is 36.2 Å². The number of para-hydroxylation sites is 1. The van der Waals surface area contributed by atoms with Gasteiger partial charge in [0.05, 0.1) is 11.6 Å². The molecule has 4 rings (SSSR count). The summed E-state index contributed by atoms with van der Waals surface area (Å²) in [5.74, 6) is -2.88. The molecule has 3 aromatic carbocycles. The molecule has 5 amide bonds. The molecular weight excluding hydrogens is 628 g/mol. The fourth-order valence-corrected chi connectivity index (χ4v) is 4.73. The Morgan fingerprint density at radius 1 is 0.915 bits per heavy atom. The monoisotopic (exact) mass is 662 g/mol.